The fraction of sp³-hybridized carbons (Fsp3) is 0.800. The minimum atomic E-state index is 0.134. The number of rotatable bonds is 5. The summed E-state index contributed by atoms with van der Waals surface area (Å²) >= 11 is 3.68. The van der Waals surface area contributed by atoms with Crippen LogP contribution in [0.25, 0.3) is 0 Å². The van der Waals surface area contributed by atoms with Crippen LogP contribution in [0.2, 0.25) is 0 Å². The smallest absolute Gasteiger partial charge is 0.0823 e. The molecule has 2 heterocycles. The van der Waals surface area contributed by atoms with E-state index in [-0.39, 0.29) is 11.6 Å². The molecule has 5 nitrogen and oxygen atoms in total. The first-order chi connectivity index (χ1) is 10.2. The van der Waals surface area contributed by atoms with Crippen molar-refractivity contribution in [1.82, 2.24) is 20.1 Å². The molecule has 1 saturated carbocycles. The van der Waals surface area contributed by atoms with Gasteiger partial charge >= 0.3 is 0 Å². The van der Waals surface area contributed by atoms with Gasteiger partial charge in [0, 0.05) is 12.1 Å². The van der Waals surface area contributed by atoms with Gasteiger partial charge in [0.2, 0.25) is 0 Å². The average Bonchev–Trinajstić information content (AvgIpc) is 3.21. The summed E-state index contributed by atoms with van der Waals surface area (Å²) in [6.45, 7) is 5.41. The Balaban J connectivity index is 2.01. The molecule has 21 heavy (non-hydrogen) atoms. The number of likely N-dealkylation sites (tertiary alicyclic amines) is 1. The highest BCUT2D eigenvalue weighted by atomic mass is 79.9. The Hall–Kier alpha value is -0.430. The van der Waals surface area contributed by atoms with E-state index in [2.05, 4.69) is 43.0 Å². The van der Waals surface area contributed by atoms with E-state index in [1.165, 1.54) is 57.3 Å². The first-order valence-electron chi connectivity index (χ1n) is 8.15. The Morgan fingerprint density at radius 1 is 1.33 bits per heavy atom. The molecule has 2 aliphatic rings. The predicted molar refractivity (Wildman–Crippen MR) is 87.7 cm³/mol. The zero-order valence-corrected chi connectivity index (χ0v) is 14.4. The topological polar surface area (TPSA) is 59.1 Å². The van der Waals surface area contributed by atoms with Crippen molar-refractivity contribution in [2.75, 3.05) is 13.1 Å². The second-order valence-corrected chi connectivity index (χ2v) is 7.15. The van der Waals surface area contributed by atoms with Crippen LogP contribution in [0.1, 0.15) is 57.2 Å². The predicted octanol–water partition coefficient (Wildman–Crippen LogP) is 2.58. The summed E-state index contributed by atoms with van der Waals surface area (Å²) < 4.78 is 3.14. The zero-order chi connectivity index (χ0) is 14.9. The number of hydrogen-bond donors (Lipinski definition) is 2. The number of aryl methyl sites for hydroxylation is 1. The van der Waals surface area contributed by atoms with E-state index in [9.17, 15) is 0 Å². The van der Waals surface area contributed by atoms with Crippen LogP contribution in [0.4, 0.5) is 0 Å². The van der Waals surface area contributed by atoms with Crippen LogP contribution in [0, 0.1) is 0 Å². The highest BCUT2D eigenvalue weighted by Gasteiger charge is 2.48. The van der Waals surface area contributed by atoms with Crippen LogP contribution in [0.15, 0.2) is 10.7 Å². The molecule has 118 valence electrons. The minimum absolute atomic E-state index is 0.134. The molecule has 0 amide bonds. The van der Waals surface area contributed by atoms with E-state index in [1.807, 2.05) is 6.20 Å². The van der Waals surface area contributed by atoms with Gasteiger partial charge in [0.05, 0.1) is 22.4 Å². The molecular formula is C15H26BrN5. The number of nitrogens with two attached hydrogens (primary N) is 1. The van der Waals surface area contributed by atoms with E-state index in [1.54, 1.807) is 0 Å². The molecule has 0 radical (unpaired) electrons. The Bertz CT molecular complexity index is 474. The first-order valence-corrected chi connectivity index (χ1v) is 8.94. The summed E-state index contributed by atoms with van der Waals surface area (Å²) in [7, 11) is 0. The highest BCUT2D eigenvalue weighted by Crippen LogP contribution is 2.46. The quantitative estimate of drug-likeness (QED) is 0.629. The van der Waals surface area contributed by atoms with Crippen LogP contribution in [0.3, 0.4) is 0 Å². The van der Waals surface area contributed by atoms with Crippen molar-refractivity contribution in [3.05, 3.63) is 16.4 Å². The van der Waals surface area contributed by atoms with E-state index < -0.39 is 0 Å². The van der Waals surface area contributed by atoms with Gasteiger partial charge in [-0.05, 0) is 61.6 Å². The van der Waals surface area contributed by atoms with E-state index in [4.69, 9.17) is 5.84 Å². The molecule has 2 fully saturated rings. The third-order valence-corrected chi connectivity index (χ3v) is 5.93. The maximum Gasteiger partial charge on any atom is 0.0823 e. The average molecular weight is 356 g/mol. The van der Waals surface area contributed by atoms with Crippen LogP contribution in [-0.4, -0.2) is 33.3 Å². The monoisotopic (exact) mass is 355 g/mol. The molecule has 3 N–H and O–H groups in total. The van der Waals surface area contributed by atoms with E-state index in [0.717, 1.165) is 11.0 Å². The molecule has 0 spiro atoms. The number of nitrogens with one attached hydrogen (secondary N) is 1. The molecule has 1 aliphatic carbocycles. The van der Waals surface area contributed by atoms with Gasteiger partial charge in [-0.2, -0.15) is 5.10 Å². The molecule has 6 heteroatoms. The van der Waals surface area contributed by atoms with Crippen LogP contribution >= 0.6 is 15.9 Å². The minimum Gasteiger partial charge on any atom is -0.296 e. The fourth-order valence-electron chi connectivity index (χ4n) is 4.34. The molecular weight excluding hydrogens is 330 g/mol. The second-order valence-electron chi connectivity index (χ2n) is 6.30. The summed E-state index contributed by atoms with van der Waals surface area (Å²) in [5.41, 5.74) is 4.50. The summed E-state index contributed by atoms with van der Waals surface area (Å²) in [5.74, 6) is 6.05. The number of hydrazine groups is 1. The standard InChI is InChI=1S/C15H26BrN5/c1-2-21-13(12(16)11-18-21)14(19-17)15(7-3-4-8-15)20-9-5-6-10-20/h11,14,19H,2-10,17H2,1H3. The lowest BCUT2D eigenvalue weighted by Gasteiger charge is -2.45. The largest absolute Gasteiger partial charge is 0.296 e. The van der Waals surface area contributed by atoms with Crippen molar-refractivity contribution in [3.8, 4) is 0 Å². The third kappa shape index (κ3) is 2.56. The molecule has 0 bridgehead atoms. The van der Waals surface area contributed by atoms with Crippen molar-refractivity contribution in [1.29, 1.82) is 0 Å². The normalized spacial score (nSPS) is 23.8. The lowest BCUT2D eigenvalue weighted by atomic mass is 9.84. The summed E-state index contributed by atoms with van der Waals surface area (Å²) in [6.07, 6.45) is 9.57. The van der Waals surface area contributed by atoms with Crippen molar-refractivity contribution in [2.24, 2.45) is 5.84 Å². The van der Waals surface area contributed by atoms with Gasteiger partial charge in [-0.15, -0.1) is 0 Å². The molecule has 1 atom stereocenters. The van der Waals surface area contributed by atoms with Crippen molar-refractivity contribution < 1.29 is 0 Å². The second kappa shape index (κ2) is 6.36. The molecule has 1 aliphatic heterocycles. The Kier molecular flexibility index (Phi) is 4.69. The van der Waals surface area contributed by atoms with Crippen LogP contribution in [-0.2, 0) is 6.54 Å². The maximum absolute atomic E-state index is 6.05. The fourth-order valence-corrected chi connectivity index (χ4v) is 4.86. The van der Waals surface area contributed by atoms with Gasteiger partial charge < -0.3 is 0 Å². The zero-order valence-electron chi connectivity index (χ0n) is 12.8. The molecule has 1 saturated heterocycles. The maximum atomic E-state index is 6.05. The van der Waals surface area contributed by atoms with Crippen LogP contribution in [0.5, 0.6) is 0 Å². The molecule has 3 rings (SSSR count). The lowest BCUT2D eigenvalue weighted by molar-refractivity contribution is 0.0724. The first kappa shape index (κ1) is 15.5. The molecule has 1 aromatic heterocycles. The number of halogens is 1. The summed E-state index contributed by atoms with van der Waals surface area (Å²) in [6, 6.07) is 0.134. The summed E-state index contributed by atoms with van der Waals surface area (Å²) in [5, 5.41) is 4.49. The highest BCUT2D eigenvalue weighted by molar-refractivity contribution is 9.10. The number of aromatic nitrogens is 2. The summed E-state index contributed by atoms with van der Waals surface area (Å²) in [4.78, 5) is 2.68. The van der Waals surface area contributed by atoms with Gasteiger partial charge in [0.25, 0.3) is 0 Å². The Morgan fingerprint density at radius 3 is 2.57 bits per heavy atom. The Morgan fingerprint density at radius 2 is 2.00 bits per heavy atom. The molecule has 1 unspecified atom stereocenters. The molecule has 1 aromatic rings. The van der Waals surface area contributed by atoms with Crippen LogP contribution < -0.4 is 11.3 Å². The van der Waals surface area contributed by atoms with Gasteiger partial charge in [0.15, 0.2) is 0 Å². The van der Waals surface area contributed by atoms with Crippen molar-refractivity contribution >= 4 is 15.9 Å². The molecule has 0 aromatic carbocycles. The number of hydrogen-bond acceptors (Lipinski definition) is 4. The SMILES string of the molecule is CCn1ncc(Br)c1C(NN)C1(N2CCCC2)CCCC1. The van der Waals surface area contributed by atoms with Gasteiger partial charge in [-0.3, -0.25) is 15.4 Å². The van der Waals surface area contributed by atoms with Crippen molar-refractivity contribution in [2.45, 2.75) is 63.6 Å². The Labute approximate surface area is 135 Å². The van der Waals surface area contributed by atoms with Gasteiger partial charge in [-0.25, -0.2) is 5.43 Å². The van der Waals surface area contributed by atoms with Crippen molar-refractivity contribution in [3.63, 3.8) is 0 Å². The van der Waals surface area contributed by atoms with E-state index in [0.29, 0.717) is 0 Å². The van der Waals surface area contributed by atoms with E-state index >= 15 is 0 Å². The lowest BCUT2D eigenvalue weighted by Crippen LogP contribution is -2.56. The number of nitrogens with zero attached hydrogens (tertiary/aromatic N) is 3. The van der Waals surface area contributed by atoms with Gasteiger partial charge in [0.1, 0.15) is 0 Å². The van der Waals surface area contributed by atoms with Gasteiger partial charge in [-0.1, -0.05) is 12.8 Å². The third-order valence-electron chi connectivity index (χ3n) is 5.32.